The second-order valence-corrected chi connectivity index (χ2v) is 3.96. The Labute approximate surface area is 114 Å². The number of rotatable bonds is 4. The molecule has 0 saturated heterocycles. The molecule has 0 saturated carbocycles. The van der Waals surface area contributed by atoms with Gasteiger partial charge in [0.25, 0.3) is 0 Å². The molecule has 0 N–H and O–H groups in total. The smallest absolute Gasteiger partial charge is 0.416 e. The summed E-state index contributed by atoms with van der Waals surface area (Å²) in [7, 11) is 0. The standard InChI is InChI=1S/C14H13F3O3/c1-3-20-13(19)12(9(2)18)8-10-5-4-6-11(7-10)14(15,16)17/h4-8H,3H2,1-2H3/b12-8+. The summed E-state index contributed by atoms with van der Waals surface area (Å²) < 4.78 is 42.4. The lowest BCUT2D eigenvalue weighted by atomic mass is 10.1. The van der Waals surface area contributed by atoms with Crippen LogP contribution in [0.4, 0.5) is 13.2 Å². The topological polar surface area (TPSA) is 43.4 Å². The van der Waals surface area contributed by atoms with E-state index in [-0.39, 0.29) is 17.7 Å². The number of benzene rings is 1. The van der Waals surface area contributed by atoms with E-state index in [0.29, 0.717) is 0 Å². The molecule has 6 heteroatoms. The van der Waals surface area contributed by atoms with Gasteiger partial charge in [0.2, 0.25) is 0 Å². The number of carbonyl (C=O) groups is 2. The van der Waals surface area contributed by atoms with Gasteiger partial charge < -0.3 is 4.74 Å². The summed E-state index contributed by atoms with van der Waals surface area (Å²) >= 11 is 0. The number of hydrogen-bond donors (Lipinski definition) is 0. The van der Waals surface area contributed by atoms with Crippen LogP contribution in [0.2, 0.25) is 0 Å². The maximum absolute atomic E-state index is 12.6. The summed E-state index contributed by atoms with van der Waals surface area (Å²) in [6.07, 6.45) is -3.39. The molecule has 108 valence electrons. The summed E-state index contributed by atoms with van der Waals surface area (Å²) in [6, 6.07) is 4.35. The van der Waals surface area contributed by atoms with Crippen LogP contribution in [0.1, 0.15) is 25.0 Å². The lowest BCUT2D eigenvalue weighted by Gasteiger charge is -2.08. The Balaban J connectivity index is 3.18. The number of hydrogen-bond acceptors (Lipinski definition) is 3. The van der Waals surface area contributed by atoms with Gasteiger partial charge in [0.05, 0.1) is 12.2 Å². The van der Waals surface area contributed by atoms with Crippen LogP contribution >= 0.6 is 0 Å². The number of Topliss-reactive ketones (excluding diaryl/α,β-unsaturated/α-hetero) is 1. The van der Waals surface area contributed by atoms with Crippen LogP contribution in [-0.4, -0.2) is 18.4 Å². The summed E-state index contributed by atoms with van der Waals surface area (Å²) in [5.74, 6) is -1.42. The molecule has 0 aliphatic carbocycles. The summed E-state index contributed by atoms with van der Waals surface area (Å²) in [5.41, 5.74) is -1.03. The van der Waals surface area contributed by atoms with Crippen molar-refractivity contribution in [1.29, 1.82) is 0 Å². The average Bonchev–Trinajstić information content (AvgIpc) is 2.35. The normalized spacial score (nSPS) is 12.2. The minimum absolute atomic E-state index is 0.0754. The predicted octanol–water partition coefficient (Wildman–Crippen LogP) is 3.24. The van der Waals surface area contributed by atoms with Crippen LogP contribution < -0.4 is 0 Å². The first-order valence-electron chi connectivity index (χ1n) is 5.82. The fourth-order valence-electron chi connectivity index (χ4n) is 1.48. The minimum Gasteiger partial charge on any atom is -0.462 e. The summed E-state index contributed by atoms with van der Waals surface area (Å²) in [5, 5.41) is 0. The van der Waals surface area contributed by atoms with E-state index >= 15 is 0 Å². The van der Waals surface area contributed by atoms with Crippen LogP contribution in [0, 0.1) is 0 Å². The summed E-state index contributed by atoms with van der Waals surface area (Å²) in [6.45, 7) is 2.79. The van der Waals surface area contributed by atoms with Gasteiger partial charge in [-0.3, -0.25) is 4.79 Å². The summed E-state index contributed by atoms with van der Waals surface area (Å²) in [4.78, 5) is 22.9. The molecular weight excluding hydrogens is 273 g/mol. The van der Waals surface area contributed by atoms with Gasteiger partial charge in [-0.1, -0.05) is 12.1 Å². The highest BCUT2D eigenvalue weighted by Crippen LogP contribution is 2.30. The fourth-order valence-corrected chi connectivity index (χ4v) is 1.48. The molecule has 0 aliphatic rings. The SMILES string of the molecule is CCOC(=O)/C(=C/c1cccc(C(F)(F)F)c1)C(C)=O. The van der Waals surface area contributed by atoms with Gasteiger partial charge in [0.15, 0.2) is 5.78 Å². The maximum Gasteiger partial charge on any atom is 0.416 e. The Hall–Kier alpha value is -2.11. The molecule has 0 atom stereocenters. The number of ether oxygens (including phenoxy) is 1. The third kappa shape index (κ3) is 4.22. The second kappa shape index (κ2) is 6.36. The molecule has 3 nitrogen and oxygen atoms in total. The van der Waals surface area contributed by atoms with Crippen LogP contribution in [0.3, 0.4) is 0 Å². The Morgan fingerprint density at radius 1 is 1.30 bits per heavy atom. The Kier molecular flexibility index (Phi) is 5.07. The van der Waals surface area contributed by atoms with E-state index in [9.17, 15) is 22.8 Å². The third-order valence-corrected chi connectivity index (χ3v) is 2.40. The van der Waals surface area contributed by atoms with Crippen molar-refractivity contribution in [2.24, 2.45) is 0 Å². The molecule has 20 heavy (non-hydrogen) atoms. The molecule has 1 aromatic carbocycles. The van der Waals surface area contributed by atoms with E-state index in [1.807, 2.05) is 0 Å². The molecule has 0 bridgehead atoms. The van der Waals surface area contributed by atoms with E-state index in [2.05, 4.69) is 4.74 Å². The zero-order valence-electron chi connectivity index (χ0n) is 11.0. The Bertz CT molecular complexity index is 545. The lowest BCUT2D eigenvalue weighted by Crippen LogP contribution is -2.13. The van der Waals surface area contributed by atoms with Crippen molar-refractivity contribution in [3.8, 4) is 0 Å². The van der Waals surface area contributed by atoms with Gasteiger partial charge >= 0.3 is 12.1 Å². The van der Waals surface area contributed by atoms with E-state index in [0.717, 1.165) is 25.1 Å². The number of halogens is 3. The second-order valence-electron chi connectivity index (χ2n) is 3.96. The first kappa shape index (κ1) is 15.9. The largest absolute Gasteiger partial charge is 0.462 e. The highest BCUT2D eigenvalue weighted by Gasteiger charge is 2.30. The van der Waals surface area contributed by atoms with Crippen LogP contribution in [0.5, 0.6) is 0 Å². The molecule has 0 spiro atoms. The number of esters is 1. The number of alkyl halides is 3. The van der Waals surface area contributed by atoms with Crippen molar-refractivity contribution in [2.45, 2.75) is 20.0 Å². The third-order valence-electron chi connectivity index (χ3n) is 2.40. The zero-order chi connectivity index (χ0) is 15.3. The average molecular weight is 286 g/mol. The predicted molar refractivity (Wildman–Crippen MR) is 66.7 cm³/mol. The van der Waals surface area contributed by atoms with E-state index in [1.54, 1.807) is 6.92 Å². The highest BCUT2D eigenvalue weighted by atomic mass is 19.4. The molecule has 0 radical (unpaired) electrons. The molecule has 1 rings (SSSR count). The van der Waals surface area contributed by atoms with Crippen LogP contribution in [0.15, 0.2) is 29.8 Å². The number of carbonyl (C=O) groups excluding carboxylic acids is 2. The quantitative estimate of drug-likeness (QED) is 0.369. The molecular formula is C14H13F3O3. The van der Waals surface area contributed by atoms with E-state index in [4.69, 9.17) is 0 Å². The maximum atomic E-state index is 12.6. The first-order valence-corrected chi connectivity index (χ1v) is 5.82. The van der Waals surface area contributed by atoms with Gasteiger partial charge in [0, 0.05) is 0 Å². The van der Waals surface area contributed by atoms with Crippen molar-refractivity contribution >= 4 is 17.8 Å². The van der Waals surface area contributed by atoms with Crippen molar-refractivity contribution in [3.63, 3.8) is 0 Å². The molecule has 0 heterocycles. The van der Waals surface area contributed by atoms with Crippen molar-refractivity contribution in [3.05, 3.63) is 41.0 Å². The molecule has 0 aromatic heterocycles. The number of ketones is 1. The lowest BCUT2D eigenvalue weighted by molar-refractivity contribution is -0.140. The molecule has 0 fully saturated rings. The Morgan fingerprint density at radius 3 is 2.45 bits per heavy atom. The molecule has 0 amide bonds. The monoisotopic (exact) mass is 286 g/mol. The molecule has 0 aliphatic heterocycles. The molecule has 1 aromatic rings. The van der Waals surface area contributed by atoms with E-state index in [1.165, 1.54) is 12.1 Å². The van der Waals surface area contributed by atoms with Gasteiger partial charge in [-0.05, 0) is 37.6 Å². The van der Waals surface area contributed by atoms with Gasteiger partial charge in [-0.25, -0.2) is 4.79 Å². The zero-order valence-corrected chi connectivity index (χ0v) is 11.0. The van der Waals surface area contributed by atoms with Gasteiger partial charge in [-0.2, -0.15) is 13.2 Å². The first-order chi connectivity index (χ1) is 9.25. The highest BCUT2D eigenvalue weighted by molar-refractivity contribution is 6.19. The van der Waals surface area contributed by atoms with Crippen LogP contribution in [-0.2, 0) is 20.5 Å². The van der Waals surface area contributed by atoms with Crippen molar-refractivity contribution in [1.82, 2.24) is 0 Å². The van der Waals surface area contributed by atoms with Crippen molar-refractivity contribution < 1.29 is 27.5 Å². The van der Waals surface area contributed by atoms with E-state index < -0.39 is 23.5 Å². The Morgan fingerprint density at radius 2 is 1.95 bits per heavy atom. The van der Waals surface area contributed by atoms with Crippen molar-refractivity contribution in [2.75, 3.05) is 6.61 Å². The molecule has 0 unspecified atom stereocenters. The van der Waals surface area contributed by atoms with Gasteiger partial charge in [0.1, 0.15) is 5.57 Å². The fraction of sp³-hybridized carbons (Fsp3) is 0.286. The van der Waals surface area contributed by atoms with Gasteiger partial charge in [-0.15, -0.1) is 0 Å². The van der Waals surface area contributed by atoms with Crippen LogP contribution in [0.25, 0.3) is 6.08 Å². The minimum atomic E-state index is -4.48.